The van der Waals surface area contributed by atoms with Gasteiger partial charge in [0, 0.05) is 4.47 Å². The van der Waals surface area contributed by atoms with Crippen molar-refractivity contribution in [2.75, 3.05) is 0 Å². The van der Waals surface area contributed by atoms with Crippen LogP contribution in [-0.4, -0.2) is 20.2 Å². The number of rotatable bonds is 4. The molecule has 2 rings (SSSR count). The molecule has 0 radical (unpaired) electrons. The predicted molar refractivity (Wildman–Crippen MR) is 77.6 cm³/mol. The highest BCUT2D eigenvalue weighted by Crippen LogP contribution is 2.38. The van der Waals surface area contributed by atoms with E-state index in [1.54, 1.807) is 6.92 Å². The van der Waals surface area contributed by atoms with E-state index in [-0.39, 0.29) is 17.1 Å². The Morgan fingerprint density at radius 2 is 1.91 bits per heavy atom. The Kier molecular flexibility index (Phi) is 4.58. The fourth-order valence-electron chi connectivity index (χ4n) is 1.64. The molecule has 0 bridgehead atoms. The Morgan fingerprint density at radius 1 is 1.26 bits per heavy atom. The Morgan fingerprint density at radius 3 is 2.43 bits per heavy atom. The largest absolute Gasteiger partial charge is 0.534 e. The number of halogens is 4. The van der Waals surface area contributed by atoms with Crippen molar-refractivity contribution in [2.45, 2.75) is 12.4 Å². The van der Waals surface area contributed by atoms with Crippen LogP contribution in [0.25, 0.3) is 11.3 Å². The summed E-state index contributed by atoms with van der Waals surface area (Å²) in [5, 5.41) is 0. The molecule has 0 spiro atoms. The number of furan rings is 1. The van der Waals surface area contributed by atoms with Gasteiger partial charge in [0.05, 0.1) is 5.56 Å². The normalized spacial score (nSPS) is 12.2. The van der Waals surface area contributed by atoms with Crippen LogP contribution in [0.4, 0.5) is 13.2 Å². The highest BCUT2D eigenvalue weighted by molar-refractivity contribution is 9.10. The minimum Gasteiger partial charge on any atom is -0.453 e. The van der Waals surface area contributed by atoms with Gasteiger partial charge >= 0.3 is 15.6 Å². The summed E-state index contributed by atoms with van der Waals surface area (Å²) in [6, 6.07) is 5.06. The zero-order valence-corrected chi connectivity index (χ0v) is 13.8. The van der Waals surface area contributed by atoms with Crippen molar-refractivity contribution in [1.82, 2.24) is 0 Å². The predicted octanol–water partition coefficient (Wildman–Crippen LogP) is 4.06. The molecule has 0 N–H and O–H groups in total. The van der Waals surface area contributed by atoms with Gasteiger partial charge in [0.1, 0.15) is 5.76 Å². The fraction of sp³-hybridized carbons (Fsp3) is 0.154. The molecule has 0 aliphatic heterocycles. The zero-order valence-electron chi connectivity index (χ0n) is 11.3. The van der Waals surface area contributed by atoms with Crippen molar-refractivity contribution in [3.05, 3.63) is 40.1 Å². The molecule has 5 nitrogen and oxygen atoms in total. The molecule has 0 aliphatic rings. The maximum absolute atomic E-state index is 12.5. The Labute approximate surface area is 137 Å². The molecular formula is C13H8BrF3O5S. The molecule has 0 saturated carbocycles. The molecule has 0 aliphatic carbocycles. The number of aldehydes is 1. The second-order valence-corrected chi connectivity index (χ2v) is 6.79. The number of hydrogen-bond donors (Lipinski definition) is 0. The highest BCUT2D eigenvalue weighted by atomic mass is 79.9. The summed E-state index contributed by atoms with van der Waals surface area (Å²) in [4.78, 5) is 10.6. The summed E-state index contributed by atoms with van der Waals surface area (Å²) < 4.78 is 69.7. The lowest BCUT2D eigenvalue weighted by molar-refractivity contribution is -0.0499. The average molecular weight is 413 g/mol. The van der Waals surface area contributed by atoms with Crippen LogP contribution in [0, 0.1) is 6.92 Å². The van der Waals surface area contributed by atoms with E-state index in [0.29, 0.717) is 16.3 Å². The first-order chi connectivity index (χ1) is 10.5. The van der Waals surface area contributed by atoms with E-state index in [4.69, 9.17) is 4.42 Å². The maximum Gasteiger partial charge on any atom is 0.534 e. The topological polar surface area (TPSA) is 73.6 Å². The first kappa shape index (κ1) is 17.5. The third-order valence-corrected chi connectivity index (χ3v) is 4.57. The Balaban J connectivity index is 2.59. The van der Waals surface area contributed by atoms with Gasteiger partial charge in [0.25, 0.3) is 0 Å². The van der Waals surface area contributed by atoms with Crippen molar-refractivity contribution in [2.24, 2.45) is 0 Å². The van der Waals surface area contributed by atoms with E-state index in [2.05, 4.69) is 20.1 Å². The first-order valence-electron chi connectivity index (χ1n) is 5.91. The summed E-state index contributed by atoms with van der Waals surface area (Å²) in [7, 11) is -5.84. The van der Waals surface area contributed by atoms with E-state index in [9.17, 15) is 26.4 Å². The molecule has 2 aromatic rings. The van der Waals surface area contributed by atoms with Gasteiger partial charge in [-0.05, 0) is 36.8 Å². The van der Waals surface area contributed by atoms with Gasteiger partial charge in [-0.2, -0.15) is 21.6 Å². The zero-order chi connectivity index (χ0) is 17.4. The van der Waals surface area contributed by atoms with Gasteiger partial charge in [0.15, 0.2) is 17.8 Å². The second kappa shape index (κ2) is 6.00. The number of alkyl halides is 3. The average Bonchev–Trinajstić information content (AvgIpc) is 2.89. The smallest absolute Gasteiger partial charge is 0.453 e. The third-order valence-electron chi connectivity index (χ3n) is 2.75. The minimum atomic E-state index is -5.84. The molecule has 10 heteroatoms. The number of aryl methyl sites for hydroxylation is 1. The number of carbonyl (C=O) groups excluding carboxylic acids is 1. The van der Waals surface area contributed by atoms with Gasteiger partial charge in [0.2, 0.25) is 0 Å². The summed E-state index contributed by atoms with van der Waals surface area (Å²) in [5.41, 5.74) is -5.17. The van der Waals surface area contributed by atoms with E-state index in [0.717, 1.165) is 6.07 Å². The molecule has 1 aromatic carbocycles. The quantitative estimate of drug-likeness (QED) is 0.430. The van der Waals surface area contributed by atoms with Crippen LogP contribution < -0.4 is 4.18 Å². The summed E-state index contributed by atoms with van der Waals surface area (Å²) in [6.07, 6.45) is 0.403. The van der Waals surface area contributed by atoms with Crippen LogP contribution in [0.3, 0.4) is 0 Å². The van der Waals surface area contributed by atoms with E-state index < -0.39 is 21.4 Å². The van der Waals surface area contributed by atoms with Gasteiger partial charge < -0.3 is 8.60 Å². The van der Waals surface area contributed by atoms with Gasteiger partial charge in [-0.1, -0.05) is 15.9 Å². The molecule has 0 amide bonds. The number of hydrogen-bond acceptors (Lipinski definition) is 5. The number of benzene rings is 1. The van der Waals surface area contributed by atoms with Gasteiger partial charge in [-0.25, -0.2) is 0 Å². The van der Waals surface area contributed by atoms with E-state index in [1.807, 2.05) is 0 Å². The number of carbonyl (C=O) groups is 1. The van der Waals surface area contributed by atoms with Crippen molar-refractivity contribution in [1.29, 1.82) is 0 Å². The van der Waals surface area contributed by atoms with Crippen molar-refractivity contribution in [3.8, 4) is 17.1 Å². The molecular weight excluding hydrogens is 405 g/mol. The third kappa shape index (κ3) is 3.58. The molecule has 124 valence electrons. The molecule has 1 aromatic heterocycles. The fourth-order valence-corrected chi connectivity index (χ4v) is 2.46. The molecule has 1 heterocycles. The summed E-state index contributed by atoms with van der Waals surface area (Å²) >= 11 is 3.18. The summed E-state index contributed by atoms with van der Waals surface area (Å²) in [5.74, 6) is -0.642. The lowest BCUT2D eigenvalue weighted by Gasteiger charge is -2.13. The molecule has 0 fully saturated rings. The Bertz CT molecular complexity index is 855. The molecule has 0 saturated heterocycles. The molecule has 0 unspecified atom stereocenters. The van der Waals surface area contributed by atoms with Crippen molar-refractivity contribution >= 4 is 32.3 Å². The van der Waals surface area contributed by atoms with Crippen LogP contribution in [0.1, 0.15) is 16.1 Å². The monoisotopic (exact) mass is 412 g/mol. The lowest BCUT2D eigenvalue weighted by Crippen LogP contribution is -2.28. The Hall–Kier alpha value is -1.81. The van der Waals surface area contributed by atoms with E-state index >= 15 is 0 Å². The van der Waals surface area contributed by atoms with Crippen molar-refractivity contribution < 1.29 is 35.0 Å². The highest BCUT2D eigenvalue weighted by Gasteiger charge is 2.49. The van der Waals surface area contributed by atoms with Crippen LogP contribution in [-0.2, 0) is 10.1 Å². The van der Waals surface area contributed by atoms with Crippen LogP contribution in [0.15, 0.2) is 33.2 Å². The van der Waals surface area contributed by atoms with Crippen LogP contribution in [0.5, 0.6) is 5.75 Å². The van der Waals surface area contributed by atoms with Crippen molar-refractivity contribution in [3.63, 3.8) is 0 Å². The molecule has 23 heavy (non-hydrogen) atoms. The van der Waals surface area contributed by atoms with Crippen LogP contribution in [0.2, 0.25) is 0 Å². The first-order valence-corrected chi connectivity index (χ1v) is 8.11. The SMILES string of the molecule is Cc1cc(OS(=O)(=O)C(F)(F)F)c(-c2ccc(C=O)o2)cc1Br. The van der Waals surface area contributed by atoms with Gasteiger partial charge in [-0.15, -0.1) is 0 Å². The van der Waals surface area contributed by atoms with Gasteiger partial charge in [-0.3, -0.25) is 4.79 Å². The lowest BCUT2D eigenvalue weighted by atomic mass is 10.1. The molecule has 0 atom stereocenters. The van der Waals surface area contributed by atoms with E-state index in [1.165, 1.54) is 18.2 Å². The van der Waals surface area contributed by atoms with Crippen LogP contribution >= 0.6 is 15.9 Å². The second-order valence-electron chi connectivity index (χ2n) is 4.40. The standard InChI is InChI=1S/C13H8BrF3O5S/c1-7-4-12(22-23(19,20)13(15,16)17)9(5-10(7)14)11-3-2-8(6-18)21-11/h2-6H,1H3. The minimum absolute atomic E-state index is 0.0137. The maximum atomic E-state index is 12.5. The summed E-state index contributed by atoms with van der Waals surface area (Å²) in [6.45, 7) is 1.54.